The Labute approximate surface area is 227 Å². The number of carbonyl (C=O) groups is 1. The number of ether oxygens (including phenoxy) is 2. The number of nitrogens with zero attached hydrogens (tertiary/aromatic N) is 3. The summed E-state index contributed by atoms with van der Waals surface area (Å²) >= 11 is 3.63. The van der Waals surface area contributed by atoms with Gasteiger partial charge < -0.3 is 14.4 Å². The van der Waals surface area contributed by atoms with Crippen LogP contribution < -0.4 is 15.0 Å². The van der Waals surface area contributed by atoms with Gasteiger partial charge >= 0.3 is 0 Å². The maximum absolute atomic E-state index is 14.0. The van der Waals surface area contributed by atoms with Gasteiger partial charge in [-0.3, -0.25) is 14.2 Å². The lowest BCUT2D eigenvalue weighted by Gasteiger charge is -2.33. The van der Waals surface area contributed by atoms with Gasteiger partial charge in [-0.15, -0.1) is 0 Å². The molecule has 7 nitrogen and oxygen atoms in total. The van der Waals surface area contributed by atoms with E-state index < -0.39 is 6.04 Å². The monoisotopic (exact) mass is 571 g/mol. The second-order valence-corrected chi connectivity index (χ2v) is 11.8. The number of para-hydroxylation sites is 1. The van der Waals surface area contributed by atoms with Gasteiger partial charge in [-0.25, -0.2) is 4.98 Å². The summed E-state index contributed by atoms with van der Waals surface area (Å²) in [4.78, 5) is 34.4. The van der Waals surface area contributed by atoms with Gasteiger partial charge in [0.25, 0.3) is 5.56 Å². The van der Waals surface area contributed by atoms with Gasteiger partial charge in [0.2, 0.25) is 5.91 Å². The van der Waals surface area contributed by atoms with Crippen molar-refractivity contribution in [1.29, 1.82) is 0 Å². The Morgan fingerprint density at radius 3 is 2.38 bits per heavy atom. The van der Waals surface area contributed by atoms with Crippen LogP contribution in [-0.4, -0.2) is 41.1 Å². The zero-order valence-corrected chi connectivity index (χ0v) is 24.7. The van der Waals surface area contributed by atoms with E-state index in [4.69, 9.17) is 14.5 Å². The fraction of sp³-hybridized carbons (Fsp3) is 0.483. The number of rotatable bonds is 9. The normalized spacial score (nSPS) is 12.6. The van der Waals surface area contributed by atoms with Crippen LogP contribution >= 0.6 is 15.9 Å². The third kappa shape index (κ3) is 6.53. The van der Waals surface area contributed by atoms with Crippen molar-refractivity contribution < 1.29 is 14.3 Å². The SMILES string of the molecule is COc1cc(OC)c(Br)c(-n2c(C(C)N(CCC(C)C)C(=O)CC(C)(C)C)nc3ccccc3c2=O)c1. The number of fused-ring (bicyclic) bond motifs is 1. The molecule has 37 heavy (non-hydrogen) atoms. The molecule has 0 aliphatic carbocycles. The Kier molecular flexibility index (Phi) is 9.05. The maximum Gasteiger partial charge on any atom is 0.266 e. The van der Waals surface area contributed by atoms with Crippen molar-refractivity contribution in [3.63, 3.8) is 0 Å². The second-order valence-electron chi connectivity index (χ2n) is 11.0. The average molecular weight is 573 g/mol. The van der Waals surface area contributed by atoms with Crippen LogP contribution in [0.5, 0.6) is 11.5 Å². The molecule has 0 bridgehead atoms. The first kappa shape index (κ1) is 28.7. The van der Waals surface area contributed by atoms with E-state index in [0.717, 1.165) is 6.42 Å². The Morgan fingerprint density at radius 1 is 1.11 bits per heavy atom. The Morgan fingerprint density at radius 2 is 1.78 bits per heavy atom. The number of benzene rings is 2. The lowest BCUT2D eigenvalue weighted by atomic mass is 9.91. The molecular weight excluding hydrogens is 534 g/mol. The molecule has 1 atom stereocenters. The van der Waals surface area contributed by atoms with Crippen LogP contribution in [0.3, 0.4) is 0 Å². The number of carbonyl (C=O) groups excluding carboxylic acids is 1. The zero-order valence-electron chi connectivity index (χ0n) is 23.1. The van der Waals surface area contributed by atoms with Gasteiger partial charge in [-0.1, -0.05) is 46.8 Å². The summed E-state index contributed by atoms with van der Waals surface area (Å²) in [5, 5.41) is 0.488. The number of hydrogen-bond acceptors (Lipinski definition) is 5. The van der Waals surface area contributed by atoms with Crippen LogP contribution in [0.2, 0.25) is 0 Å². The van der Waals surface area contributed by atoms with E-state index in [1.54, 1.807) is 37.0 Å². The van der Waals surface area contributed by atoms with E-state index in [1.165, 1.54) is 0 Å². The van der Waals surface area contributed by atoms with Crippen molar-refractivity contribution in [2.75, 3.05) is 20.8 Å². The molecule has 8 heteroatoms. The molecule has 3 rings (SSSR count). The fourth-order valence-corrected chi connectivity index (χ4v) is 4.84. The second kappa shape index (κ2) is 11.7. The lowest BCUT2D eigenvalue weighted by molar-refractivity contribution is -0.135. The molecule has 0 saturated carbocycles. The summed E-state index contributed by atoms with van der Waals surface area (Å²) in [6.45, 7) is 13.0. The van der Waals surface area contributed by atoms with Gasteiger partial charge in [0, 0.05) is 25.1 Å². The minimum absolute atomic E-state index is 0.0388. The van der Waals surface area contributed by atoms with E-state index in [1.807, 2.05) is 30.0 Å². The van der Waals surface area contributed by atoms with E-state index in [0.29, 0.717) is 57.3 Å². The largest absolute Gasteiger partial charge is 0.497 e. The predicted molar refractivity (Wildman–Crippen MR) is 152 cm³/mol. The quantitative estimate of drug-likeness (QED) is 0.291. The minimum atomic E-state index is -0.463. The zero-order chi connectivity index (χ0) is 27.5. The van der Waals surface area contributed by atoms with Crippen LogP contribution in [-0.2, 0) is 4.79 Å². The highest BCUT2D eigenvalue weighted by Gasteiger charge is 2.30. The summed E-state index contributed by atoms with van der Waals surface area (Å²) in [6.07, 6.45) is 1.23. The van der Waals surface area contributed by atoms with Gasteiger partial charge in [-0.2, -0.15) is 0 Å². The molecule has 200 valence electrons. The predicted octanol–water partition coefficient (Wildman–Crippen LogP) is 6.54. The number of amides is 1. The highest BCUT2D eigenvalue weighted by Crippen LogP contribution is 2.37. The molecule has 1 heterocycles. The first-order valence-corrected chi connectivity index (χ1v) is 13.4. The number of methoxy groups -OCH3 is 2. The Hall–Kier alpha value is -2.87. The van der Waals surface area contributed by atoms with Crippen LogP contribution in [0.4, 0.5) is 0 Å². The minimum Gasteiger partial charge on any atom is -0.497 e. The highest BCUT2D eigenvalue weighted by atomic mass is 79.9. The summed E-state index contributed by atoms with van der Waals surface area (Å²) < 4.78 is 13.2. The van der Waals surface area contributed by atoms with Gasteiger partial charge in [0.1, 0.15) is 17.3 Å². The molecule has 0 fully saturated rings. The van der Waals surface area contributed by atoms with Crippen molar-refractivity contribution in [2.45, 2.75) is 60.4 Å². The van der Waals surface area contributed by atoms with Crippen molar-refractivity contribution in [3.8, 4) is 17.2 Å². The molecule has 0 saturated heterocycles. The first-order chi connectivity index (χ1) is 17.4. The molecule has 0 spiro atoms. The number of halogens is 1. The highest BCUT2D eigenvalue weighted by molar-refractivity contribution is 9.10. The van der Waals surface area contributed by atoms with E-state index >= 15 is 0 Å². The third-order valence-electron chi connectivity index (χ3n) is 6.28. The average Bonchev–Trinajstić information content (AvgIpc) is 2.83. The molecule has 0 aliphatic rings. The van der Waals surface area contributed by atoms with Crippen molar-refractivity contribution in [3.05, 3.63) is 57.0 Å². The Bertz CT molecular complexity index is 1330. The topological polar surface area (TPSA) is 73.7 Å². The lowest BCUT2D eigenvalue weighted by Crippen LogP contribution is -2.39. The summed E-state index contributed by atoms with van der Waals surface area (Å²) in [5.74, 6) is 1.99. The summed E-state index contributed by atoms with van der Waals surface area (Å²) in [6, 6.07) is 10.3. The molecule has 1 amide bonds. The van der Waals surface area contributed by atoms with Crippen molar-refractivity contribution >= 4 is 32.7 Å². The van der Waals surface area contributed by atoms with E-state index in [9.17, 15) is 9.59 Å². The standard InChI is InChI=1S/C29H38BrN3O4/c1-18(2)13-14-32(25(34)17-29(4,5)6)19(3)27-31-22-12-10-9-11-21(22)28(35)33(27)23-15-20(36-7)16-24(37-8)26(23)30/h9-12,15-16,18-19H,13-14,17H2,1-8H3. The molecule has 1 unspecified atom stereocenters. The Balaban J connectivity index is 2.32. The molecule has 1 aromatic heterocycles. The molecule has 0 N–H and O–H groups in total. The van der Waals surface area contributed by atoms with Crippen LogP contribution in [0.25, 0.3) is 16.6 Å². The fourth-order valence-electron chi connectivity index (χ4n) is 4.28. The van der Waals surface area contributed by atoms with Crippen molar-refractivity contribution in [1.82, 2.24) is 14.5 Å². The molecular formula is C29H38BrN3O4. The molecule has 0 radical (unpaired) electrons. The first-order valence-electron chi connectivity index (χ1n) is 12.6. The third-order valence-corrected chi connectivity index (χ3v) is 7.08. The molecule has 3 aromatic rings. The summed E-state index contributed by atoms with van der Waals surface area (Å²) in [7, 11) is 3.13. The van der Waals surface area contributed by atoms with Crippen LogP contribution in [0, 0.1) is 11.3 Å². The number of aromatic nitrogens is 2. The number of hydrogen-bond donors (Lipinski definition) is 0. The van der Waals surface area contributed by atoms with Gasteiger partial charge in [0.05, 0.1) is 41.3 Å². The maximum atomic E-state index is 14.0. The van der Waals surface area contributed by atoms with Gasteiger partial charge in [-0.05, 0) is 52.7 Å². The summed E-state index contributed by atoms with van der Waals surface area (Å²) in [5.41, 5.74) is 0.722. The molecule has 2 aromatic carbocycles. The van der Waals surface area contributed by atoms with Gasteiger partial charge in [0.15, 0.2) is 0 Å². The molecule has 0 aliphatic heterocycles. The van der Waals surface area contributed by atoms with E-state index in [2.05, 4.69) is 50.5 Å². The van der Waals surface area contributed by atoms with Crippen LogP contribution in [0.15, 0.2) is 45.7 Å². The van der Waals surface area contributed by atoms with Crippen LogP contribution in [0.1, 0.15) is 66.3 Å². The van der Waals surface area contributed by atoms with Crippen molar-refractivity contribution in [2.24, 2.45) is 11.3 Å². The smallest absolute Gasteiger partial charge is 0.266 e. The van der Waals surface area contributed by atoms with E-state index in [-0.39, 0.29) is 16.9 Å².